The Balaban J connectivity index is 1.93. The van der Waals surface area contributed by atoms with Gasteiger partial charge in [0, 0.05) is 6.42 Å². The summed E-state index contributed by atoms with van der Waals surface area (Å²) >= 11 is 0. The van der Waals surface area contributed by atoms with Crippen LogP contribution in [0, 0.1) is 0 Å². The number of ether oxygens (including phenoxy) is 2. The standard InChI is InChI=1S/C21H25N3O6/c1-29-16-9-5-8-15(10-16)11-17(19(22)26)23-20(27)18(12-25)24-21(28)30-13-14-6-3-2-4-7-14/h2-10,17-18,25H,11-13H2,1H3,(H2,22,26)(H,23,27)(H,24,28)/t17-,18+/m1/s1. The fourth-order valence-electron chi connectivity index (χ4n) is 2.63. The van der Waals surface area contributed by atoms with Gasteiger partial charge in [-0.3, -0.25) is 9.59 Å². The van der Waals surface area contributed by atoms with E-state index in [4.69, 9.17) is 15.2 Å². The van der Waals surface area contributed by atoms with Crippen LogP contribution in [0.3, 0.4) is 0 Å². The van der Waals surface area contributed by atoms with Crippen molar-refractivity contribution in [3.8, 4) is 5.75 Å². The summed E-state index contributed by atoms with van der Waals surface area (Å²) in [6, 6.07) is 13.6. The summed E-state index contributed by atoms with van der Waals surface area (Å²) in [5, 5.41) is 14.2. The van der Waals surface area contributed by atoms with Crippen molar-refractivity contribution in [2.75, 3.05) is 13.7 Å². The Morgan fingerprint density at radius 2 is 1.70 bits per heavy atom. The Labute approximate surface area is 174 Å². The third kappa shape index (κ3) is 7.10. The summed E-state index contributed by atoms with van der Waals surface area (Å²) in [5.41, 5.74) is 6.88. The van der Waals surface area contributed by atoms with E-state index in [0.717, 1.165) is 5.56 Å². The monoisotopic (exact) mass is 415 g/mol. The molecule has 30 heavy (non-hydrogen) atoms. The lowest BCUT2D eigenvalue weighted by Gasteiger charge is -2.20. The Hall–Kier alpha value is -3.59. The molecular formula is C21H25N3O6. The Morgan fingerprint density at radius 1 is 1.00 bits per heavy atom. The van der Waals surface area contributed by atoms with Gasteiger partial charge in [0.1, 0.15) is 24.4 Å². The van der Waals surface area contributed by atoms with Crippen molar-refractivity contribution in [2.45, 2.75) is 25.1 Å². The summed E-state index contributed by atoms with van der Waals surface area (Å²) in [4.78, 5) is 36.2. The van der Waals surface area contributed by atoms with E-state index in [0.29, 0.717) is 11.3 Å². The van der Waals surface area contributed by atoms with Crippen LogP contribution in [-0.2, 0) is 27.4 Å². The highest BCUT2D eigenvalue weighted by Gasteiger charge is 2.26. The van der Waals surface area contributed by atoms with Crippen molar-refractivity contribution >= 4 is 17.9 Å². The molecule has 3 amide bonds. The van der Waals surface area contributed by atoms with Crippen LogP contribution >= 0.6 is 0 Å². The zero-order valence-electron chi connectivity index (χ0n) is 16.5. The van der Waals surface area contributed by atoms with Crippen LogP contribution in [-0.4, -0.2) is 48.8 Å². The SMILES string of the molecule is COc1cccc(C[C@@H](NC(=O)[C@H](CO)NC(=O)OCc2ccccc2)C(N)=O)c1. The first-order chi connectivity index (χ1) is 14.4. The van der Waals surface area contributed by atoms with Crippen molar-refractivity contribution in [1.29, 1.82) is 0 Å². The van der Waals surface area contributed by atoms with Crippen molar-refractivity contribution in [2.24, 2.45) is 5.73 Å². The quantitative estimate of drug-likeness (QED) is 0.445. The molecule has 0 fully saturated rings. The summed E-state index contributed by atoms with van der Waals surface area (Å²) in [6.07, 6.45) is -0.758. The van der Waals surface area contributed by atoms with E-state index < -0.39 is 36.6 Å². The molecule has 0 bridgehead atoms. The predicted molar refractivity (Wildman–Crippen MR) is 108 cm³/mol. The van der Waals surface area contributed by atoms with Gasteiger partial charge in [-0.1, -0.05) is 42.5 Å². The summed E-state index contributed by atoms with van der Waals surface area (Å²) in [5.74, 6) is -0.923. The first kappa shape index (κ1) is 22.7. The molecule has 0 saturated carbocycles. The highest BCUT2D eigenvalue weighted by Crippen LogP contribution is 2.14. The second kappa shape index (κ2) is 11.4. The molecule has 0 aliphatic carbocycles. The van der Waals surface area contributed by atoms with Crippen LogP contribution in [0.5, 0.6) is 5.75 Å². The van der Waals surface area contributed by atoms with Gasteiger partial charge in [-0.25, -0.2) is 4.79 Å². The van der Waals surface area contributed by atoms with Gasteiger partial charge in [0.2, 0.25) is 11.8 Å². The molecule has 0 saturated heterocycles. The molecule has 5 N–H and O–H groups in total. The summed E-state index contributed by atoms with van der Waals surface area (Å²) in [6.45, 7) is -0.677. The Kier molecular flexibility index (Phi) is 8.64. The number of benzene rings is 2. The number of nitrogens with two attached hydrogens (primary N) is 1. The highest BCUT2D eigenvalue weighted by molar-refractivity contribution is 5.91. The number of primary amides is 1. The molecule has 2 atom stereocenters. The van der Waals surface area contributed by atoms with Gasteiger partial charge in [0.25, 0.3) is 0 Å². The van der Waals surface area contributed by atoms with Crippen LogP contribution in [0.2, 0.25) is 0 Å². The minimum Gasteiger partial charge on any atom is -0.497 e. The maximum absolute atomic E-state index is 12.4. The van der Waals surface area contributed by atoms with Gasteiger partial charge in [0.15, 0.2) is 0 Å². The molecule has 160 valence electrons. The number of carbonyl (C=O) groups excluding carboxylic acids is 3. The number of aliphatic hydroxyl groups excluding tert-OH is 1. The molecule has 0 aliphatic rings. The predicted octanol–water partition coefficient (Wildman–Crippen LogP) is 0.495. The summed E-state index contributed by atoms with van der Waals surface area (Å²) in [7, 11) is 1.51. The van der Waals surface area contributed by atoms with Crippen LogP contribution in [0.25, 0.3) is 0 Å². The zero-order chi connectivity index (χ0) is 21.9. The van der Waals surface area contributed by atoms with Gasteiger partial charge in [-0.15, -0.1) is 0 Å². The molecule has 0 heterocycles. The molecule has 9 nitrogen and oxygen atoms in total. The van der Waals surface area contributed by atoms with E-state index >= 15 is 0 Å². The van der Waals surface area contributed by atoms with Crippen molar-refractivity contribution in [1.82, 2.24) is 10.6 Å². The fourth-order valence-corrected chi connectivity index (χ4v) is 2.63. The van der Waals surface area contributed by atoms with E-state index in [1.807, 2.05) is 6.07 Å². The van der Waals surface area contributed by atoms with E-state index in [2.05, 4.69) is 10.6 Å². The highest BCUT2D eigenvalue weighted by atomic mass is 16.5. The van der Waals surface area contributed by atoms with E-state index in [-0.39, 0.29) is 13.0 Å². The largest absolute Gasteiger partial charge is 0.497 e. The van der Waals surface area contributed by atoms with E-state index in [1.165, 1.54) is 7.11 Å². The molecular weight excluding hydrogens is 390 g/mol. The average Bonchev–Trinajstić information content (AvgIpc) is 2.76. The minimum absolute atomic E-state index is 0.00614. The number of nitrogens with one attached hydrogen (secondary N) is 2. The molecule has 2 aromatic carbocycles. The fraction of sp³-hybridized carbons (Fsp3) is 0.286. The van der Waals surface area contributed by atoms with Crippen LogP contribution in [0.1, 0.15) is 11.1 Å². The third-order valence-electron chi connectivity index (χ3n) is 4.24. The van der Waals surface area contributed by atoms with Gasteiger partial charge in [0.05, 0.1) is 13.7 Å². The average molecular weight is 415 g/mol. The number of carbonyl (C=O) groups is 3. The van der Waals surface area contributed by atoms with E-state index in [1.54, 1.807) is 48.5 Å². The number of hydrogen-bond donors (Lipinski definition) is 4. The normalized spacial score (nSPS) is 12.3. The van der Waals surface area contributed by atoms with Gasteiger partial charge >= 0.3 is 6.09 Å². The number of aliphatic hydroxyl groups is 1. The smallest absolute Gasteiger partial charge is 0.408 e. The van der Waals surface area contributed by atoms with Gasteiger partial charge < -0.3 is 30.9 Å². The molecule has 0 aliphatic heterocycles. The molecule has 2 aromatic rings. The van der Waals surface area contributed by atoms with E-state index in [9.17, 15) is 19.5 Å². The third-order valence-corrected chi connectivity index (χ3v) is 4.24. The molecule has 0 spiro atoms. The molecule has 2 rings (SSSR count). The maximum atomic E-state index is 12.4. The molecule has 0 radical (unpaired) electrons. The first-order valence-electron chi connectivity index (χ1n) is 9.23. The lowest BCUT2D eigenvalue weighted by molar-refractivity contribution is -0.129. The van der Waals surface area contributed by atoms with Gasteiger partial charge in [-0.2, -0.15) is 0 Å². The Morgan fingerprint density at radius 3 is 2.33 bits per heavy atom. The second-order valence-electron chi connectivity index (χ2n) is 6.46. The van der Waals surface area contributed by atoms with Gasteiger partial charge in [-0.05, 0) is 23.3 Å². The number of alkyl carbamates (subject to hydrolysis) is 1. The molecule has 9 heteroatoms. The number of methoxy groups -OCH3 is 1. The van der Waals surface area contributed by atoms with Crippen LogP contribution < -0.4 is 21.1 Å². The zero-order valence-corrected chi connectivity index (χ0v) is 16.5. The lowest BCUT2D eigenvalue weighted by Crippen LogP contribution is -2.54. The lowest BCUT2D eigenvalue weighted by atomic mass is 10.0. The number of hydrogen-bond acceptors (Lipinski definition) is 6. The van der Waals surface area contributed by atoms with Crippen molar-refractivity contribution < 1.29 is 29.0 Å². The molecule has 0 aromatic heterocycles. The topological polar surface area (TPSA) is 140 Å². The van der Waals surface area contributed by atoms with Crippen LogP contribution in [0.15, 0.2) is 54.6 Å². The van der Waals surface area contributed by atoms with Crippen molar-refractivity contribution in [3.63, 3.8) is 0 Å². The summed E-state index contributed by atoms with van der Waals surface area (Å²) < 4.78 is 10.2. The number of amides is 3. The number of rotatable bonds is 10. The van der Waals surface area contributed by atoms with Crippen LogP contribution in [0.4, 0.5) is 4.79 Å². The maximum Gasteiger partial charge on any atom is 0.408 e. The Bertz CT molecular complexity index is 859. The second-order valence-corrected chi connectivity index (χ2v) is 6.46. The minimum atomic E-state index is -1.31. The van der Waals surface area contributed by atoms with Crippen molar-refractivity contribution in [3.05, 3.63) is 65.7 Å². The first-order valence-corrected chi connectivity index (χ1v) is 9.23. The molecule has 0 unspecified atom stereocenters.